The predicted octanol–water partition coefficient (Wildman–Crippen LogP) is 4.97. The molecule has 30 heavy (non-hydrogen) atoms. The van der Waals surface area contributed by atoms with Crippen molar-refractivity contribution in [3.05, 3.63) is 76.6 Å². The highest BCUT2D eigenvalue weighted by Crippen LogP contribution is 2.25. The molecular formula is C21H19N5OS3. The van der Waals surface area contributed by atoms with Crippen molar-refractivity contribution < 1.29 is 4.79 Å². The molecule has 0 fully saturated rings. The minimum absolute atomic E-state index is 0.123. The summed E-state index contributed by atoms with van der Waals surface area (Å²) < 4.78 is 2.00. The highest BCUT2D eigenvalue weighted by molar-refractivity contribution is 7.99. The number of nitrogens with zero attached hydrogens (tertiary/aromatic N) is 4. The molecule has 0 aliphatic heterocycles. The van der Waals surface area contributed by atoms with Gasteiger partial charge in [0.1, 0.15) is 5.82 Å². The van der Waals surface area contributed by atoms with E-state index in [0.717, 1.165) is 17.1 Å². The number of rotatable bonds is 9. The minimum atomic E-state index is -0.123. The average molecular weight is 454 g/mol. The summed E-state index contributed by atoms with van der Waals surface area (Å²) in [6.07, 6.45) is 2.53. The molecule has 1 N–H and O–H groups in total. The SMILES string of the molecule is C=CCn1c(Cc2cccs2)nnc1SCC(=O)Nc1nc(-c2ccccc2)cs1. The van der Waals surface area contributed by atoms with Crippen molar-refractivity contribution in [2.45, 2.75) is 18.1 Å². The normalized spacial score (nSPS) is 10.8. The van der Waals surface area contributed by atoms with Crippen LogP contribution in [-0.4, -0.2) is 31.4 Å². The molecule has 1 aromatic carbocycles. The monoisotopic (exact) mass is 453 g/mol. The number of thiazole rings is 1. The highest BCUT2D eigenvalue weighted by atomic mass is 32.2. The first-order chi connectivity index (χ1) is 14.7. The molecule has 9 heteroatoms. The zero-order valence-corrected chi connectivity index (χ0v) is 18.5. The zero-order valence-electron chi connectivity index (χ0n) is 16.0. The molecule has 4 rings (SSSR count). The Morgan fingerprint density at radius 1 is 1.17 bits per heavy atom. The number of hydrogen-bond donors (Lipinski definition) is 1. The lowest BCUT2D eigenvalue weighted by Gasteiger charge is -2.07. The van der Waals surface area contributed by atoms with Gasteiger partial charge in [0.05, 0.1) is 11.4 Å². The van der Waals surface area contributed by atoms with Gasteiger partial charge in [-0.3, -0.25) is 4.79 Å². The van der Waals surface area contributed by atoms with Gasteiger partial charge in [0.15, 0.2) is 10.3 Å². The number of allylic oxidation sites excluding steroid dienone is 1. The van der Waals surface area contributed by atoms with E-state index >= 15 is 0 Å². The number of anilines is 1. The lowest BCUT2D eigenvalue weighted by Crippen LogP contribution is -2.14. The molecule has 0 unspecified atom stereocenters. The summed E-state index contributed by atoms with van der Waals surface area (Å²) in [5, 5.41) is 16.7. The van der Waals surface area contributed by atoms with Gasteiger partial charge in [-0.05, 0) is 11.4 Å². The van der Waals surface area contributed by atoms with Crippen molar-refractivity contribution in [2.75, 3.05) is 11.1 Å². The second-order valence-corrected chi connectivity index (χ2v) is 9.13. The second-order valence-electron chi connectivity index (χ2n) is 6.29. The molecule has 152 valence electrons. The van der Waals surface area contributed by atoms with Crippen molar-refractivity contribution in [3.8, 4) is 11.3 Å². The third-order valence-electron chi connectivity index (χ3n) is 4.17. The summed E-state index contributed by atoms with van der Waals surface area (Å²) >= 11 is 4.47. The van der Waals surface area contributed by atoms with Crippen LogP contribution in [0.4, 0.5) is 5.13 Å². The lowest BCUT2D eigenvalue weighted by molar-refractivity contribution is -0.113. The first kappa shape index (κ1) is 20.5. The van der Waals surface area contributed by atoms with Crippen LogP contribution in [0.5, 0.6) is 0 Å². The first-order valence-electron chi connectivity index (χ1n) is 9.22. The number of hydrogen-bond acceptors (Lipinski definition) is 7. The Labute approximate surface area is 186 Å². The summed E-state index contributed by atoms with van der Waals surface area (Å²) in [6.45, 7) is 4.43. The molecule has 0 bridgehead atoms. The molecule has 6 nitrogen and oxygen atoms in total. The number of nitrogens with one attached hydrogen (secondary N) is 1. The molecule has 3 heterocycles. The molecule has 4 aromatic rings. The number of carbonyl (C=O) groups is 1. The molecular weight excluding hydrogens is 434 g/mol. The summed E-state index contributed by atoms with van der Waals surface area (Å²) in [6, 6.07) is 14.0. The maximum atomic E-state index is 12.4. The van der Waals surface area contributed by atoms with E-state index in [-0.39, 0.29) is 11.7 Å². The van der Waals surface area contributed by atoms with E-state index in [2.05, 4.69) is 33.1 Å². The Morgan fingerprint density at radius 3 is 2.80 bits per heavy atom. The van der Waals surface area contributed by atoms with Crippen molar-refractivity contribution in [3.63, 3.8) is 0 Å². The number of thiophene rings is 1. The van der Waals surface area contributed by atoms with Gasteiger partial charge in [-0.1, -0.05) is 54.2 Å². The third-order valence-corrected chi connectivity index (χ3v) is 6.77. The maximum absolute atomic E-state index is 12.4. The second kappa shape index (κ2) is 9.84. The predicted molar refractivity (Wildman–Crippen MR) is 124 cm³/mol. The lowest BCUT2D eigenvalue weighted by atomic mass is 10.2. The van der Waals surface area contributed by atoms with Crippen LogP contribution in [-0.2, 0) is 17.8 Å². The van der Waals surface area contributed by atoms with Crippen LogP contribution >= 0.6 is 34.4 Å². The van der Waals surface area contributed by atoms with E-state index in [4.69, 9.17) is 0 Å². The van der Waals surface area contributed by atoms with E-state index in [1.165, 1.54) is 28.0 Å². The van der Waals surface area contributed by atoms with E-state index < -0.39 is 0 Å². The Kier molecular flexibility index (Phi) is 6.73. The molecule has 0 spiro atoms. The topological polar surface area (TPSA) is 72.7 Å². The van der Waals surface area contributed by atoms with Crippen LogP contribution in [0.3, 0.4) is 0 Å². The Balaban J connectivity index is 1.37. The largest absolute Gasteiger partial charge is 0.302 e. The van der Waals surface area contributed by atoms with Crippen LogP contribution in [0.2, 0.25) is 0 Å². The molecule has 0 atom stereocenters. The summed E-state index contributed by atoms with van der Waals surface area (Å²) in [7, 11) is 0. The standard InChI is InChI=1S/C21H19N5OS3/c1-2-10-26-18(12-16-9-6-11-28-16)24-25-21(26)30-14-19(27)23-20-22-17(13-29-20)15-7-4-3-5-8-15/h2-9,11,13H,1,10,12,14H2,(H,22,23,27). The van der Waals surface area contributed by atoms with Gasteiger partial charge in [-0.2, -0.15) is 0 Å². The van der Waals surface area contributed by atoms with Crippen molar-refractivity contribution in [2.24, 2.45) is 0 Å². The highest BCUT2D eigenvalue weighted by Gasteiger charge is 2.15. The number of amides is 1. The van der Waals surface area contributed by atoms with Gasteiger partial charge in [-0.25, -0.2) is 4.98 Å². The number of carbonyl (C=O) groups excluding carboxylic acids is 1. The number of thioether (sulfide) groups is 1. The van der Waals surface area contributed by atoms with Gasteiger partial charge in [-0.15, -0.1) is 39.4 Å². The quantitative estimate of drug-likeness (QED) is 0.286. The van der Waals surface area contributed by atoms with E-state index in [1.54, 1.807) is 11.3 Å². The molecule has 0 radical (unpaired) electrons. The van der Waals surface area contributed by atoms with Gasteiger partial charge in [0, 0.05) is 28.8 Å². The summed E-state index contributed by atoms with van der Waals surface area (Å²) in [4.78, 5) is 18.1. The van der Waals surface area contributed by atoms with Gasteiger partial charge < -0.3 is 9.88 Å². The van der Waals surface area contributed by atoms with Crippen LogP contribution in [0.1, 0.15) is 10.7 Å². The van der Waals surface area contributed by atoms with Crippen molar-refractivity contribution in [1.82, 2.24) is 19.7 Å². The molecule has 0 saturated carbocycles. The zero-order chi connectivity index (χ0) is 20.8. The number of benzene rings is 1. The van der Waals surface area contributed by atoms with Crippen LogP contribution in [0.15, 0.2) is 71.0 Å². The van der Waals surface area contributed by atoms with E-state index in [0.29, 0.717) is 23.3 Å². The van der Waals surface area contributed by atoms with Gasteiger partial charge >= 0.3 is 0 Å². The van der Waals surface area contributed by atoms with Crippen molar-refractivity contribution in [1.29, 1.82) is 0 Å². The fourth-order valence-electron chi connectivity index (χ4n) is 2.80. The minimum Gasteiger partial charge on any atom is -0.302 e. The Hall–Kier alpha value is -2.75. The third kappa shape index (κ3) is 5.05. The van der Waals surface area contributed by atoms with Crippen LogP contribution in [0.25, 0.3) is 11.3 Å². The van der Waals surface area contributed by atoms with Crippen molar-refractivity contribution >= 4 is 45.5 Å². The Morgan fingerprint density at radius 2 is 2.03 bits per heavy atom. The van der Waals surface area contributed by atoms with E-state index in [9.17, 15) is 4.79 Å². The average Bonchev–Trinajstić information content (AvgIpc) is 3.51. The molecule has 0 saturated heterocycles. The molecule has 1 amide bonds. The van der Waals surface area contributed by atoms with Crippen LogP contribution in [0, 0.1) is 0 Å². The fourth-order valence-corrected chi connectivity index (χ4v) is 5.00. The summed E-state index contributed by atoms with van der Waals surface area (Å²) in [5.41, 5.74) is 1.88. The number of aromatic nitrogens is 4. The van der Waals surface area contributed by atoms with E-state index in [1.807, 2.05) is 57.8 Å². The Bertz CT molecular complexity index is 1120. The first-order valence-corrected chi connectivity index (χ1v) is 12.0. The van der Waals surface area contributed by atoms with Crippen LogP contribution < -0.4 is 5.32 Å². The van der Waals surface area contributed by atoms with Gasteiger partial charge in [0.2, 0.25) is 5.91 Å². The smallest absolute Gasteiger partial charge is 0.236 e. The molecule has 0 aliphatic rings. The molecule has 0 aliphatic carbocycles. The fraction of sp³-hybridized carbons (Fsp3) is 0.143. The van der Waals surface area contributed by atoms with Gasteiger partial charge in [0.25, 0.3) is 0 Å². The molecule has 3 aromatic heterocycles. The maximum Gasteiger partial charge on any atom is 0.236 e. The summed E-state index contributed by atoms with van der Waals surface area (Å²) in [5.74, 6) is 0.976.